The number of nitrogens with zero attached hydrogens (tertiary/aromatic N) is 2. The number of thiophene rings is 1. The highest BCUT2D eigenvalue weighted by Crippen LogP contribution is 2.42. The number of nitrogens with two attached hydrogens (primary N) is 1. The maximum atomic E-state index is 13.7. The van der Waals surface area contributed by atoms with Crippen LogP contribution in [0.3, 0.4) is 0 Å². The van der Waals surface area contributed by atoms with Crippen LogP contribution in [0.1, 0.15) is 62.1 Å². The molecule has 0 aliphatic carbocycles. The zero-order valence-electron chi connectivity index (χ0n) is 24.9. The highest BCUT2D eigenvalue weighted by Gasteiger charge is 2.28. The van der Waals surface area contributed by atoms with Gasteiger partial charge in [0.15, 0.2) is 17.4 Å². The van der Waals surface area contributed by atoms with E-state index < -0.39 is 23.4 Å². The number of primary amides is 1. The maximum Gasteiger partial charge on any atom is 0.261 e. The molecule has 0 spiro atoms. The highest BCUT2D eigenvalue weighted by atomic mass is 32.1. The summed E-state index contributed by atoms with van der Waals surface area (Å²) in [6.45, 7) is 5.79. The number of hydrogen-bond acceptors (Lipinski definition) is 6. The van der Waals surface area contributed by atoms with Gasteiger partial charge in [0.05, 0.1) is 33.1 Å². The van der Waals surface area contributed by atoms with Crippen molar-refractivity contribution < 1.29 is 27.3 Å². The zero-order chi connectivity index (χ0) is 32.2. The van der Waals surface area contributed by atoms with Gasteiger partial charge in [0.25, 0.3) is 11.8 Å². The third kappa shape index (κ3) is 7.31. The van der Waals surface area contributed by atoms with Gasteiger partial charge in [-0.15, -0.1) is 11.3 Å². The molecule has 0 radical (unpaired) electrons. The summed E-state index contributed by atoms with van der Waals surface area (Å²) in [5.41, 5.74) is 10.4. The first-order valence-electron chi connectivity index (χ1n) is 14.4. The van der Waals surface area contributed by atoms with Gasteiger partial charge in [0.1, 0.15) is 5.82 Å². The van der Waals surface area contributed by atoms with Crippen molar-refractivity contribution in [3.8, 4) is 21.8 Å². The van der Waals surface area contributed by atoms with Crippen LogP contribution in [0.15, 0.2) is 65.2 Å². The quantitative estimate of drug-likeness (QED) is 0.160. The molecule has 0 atom stereocenters. The van der Waals surface area contributed by atoms with Crippen molar-refractivity contribution in [3.05, 3.63) is 117 Å². The van der Waals surface area contributed by atoms with Crippen LogP contribution in [0.4, 0.5) is 13.2 Å². The van der Waals surface area contributed by atoms with E-state index in [1.54, 1.807) is 37.3 Å². The summed E-state index contributed by atoms with van der Waals surface area (Å²) in [4.78, 5) is 32.1. The van der Waals surface area contributed by atoms with Crippen LogP contribution >= 0.6 is 11.3 Å². The lowest BCUT2D eigenvalue weighted by molar-refractivity contribution is 0.0953. The van der Waals surface area contributed by atoms with E-state index in [1.807, 2.05) is 13.8 Å². The molecule has 0 bridgehead atoms. The third-order valence-electron chi connectivity index (χ3n) is 7.15. The van der Waals surface area contributed by atoms with Crippen LogP contribution in [-0.2, 0) is 25.8 Å². The topological polar surface area (TPSA) is 111 Å². The van der Waals surface area contributed by atoms with Crippen LogP contribution in [0.2, 0.25) is 0 Å². The summed E-state index contributed by atoms with van der Waals surface area (Å²) < 4.78 is 46.3. The first kappa shape index (κ1) is 31.6. The van der Waals surface area contributed by atoms with Crippen molar-refractivity contribution in [2.45, 2.75) is 46.6 Å². The number of rotatable bonds is 11. The first-order chi connectivity index (χ1) is 21.5. The van der Waals surface area contributed by atoms with Gasteiger partial charge in [-0.2, -0.15) is 0 Å². The van der Waals surface area contributed by atoms with Crippen LogP contribution in [0.5, 0.6) is 0 Å². The lowest BCUT2D eigenvalue weighted by Gasteiger charge is -2.19. The number of nitrogens with one attached hydrogen (secondary N) is 1. The van der Waals surface area contributed by atoms with E-state index in [9.17, 15) is 22.8 Å². The average Bonchev–Trinajstić information content (AvgIpc) is 3.66. The summed E-state index contributed by atoms with van der Waals surface area (Å²) in [7, 11) is 0. The molecule has 11 heteroatoms. The average molecular weight is 633 g/mol. The van der Waals surface area contributed by atoms with Crippen molar-refractivity contribution in [1.82, 2.24) is 15.5 Å². The van der Waals surface area contributed by atoms with Gasteiger partial charge in [-0.3, -0.25) is 14.6 Å². The van der Waals surface area contributed by atoms with Crippen LogP contribution < -0.4 is 11.1 Å². The number of halogens is 3. The third-order valence-corrected chi connectivity index (χ3v) is 8.25. The fraction of sp³-hybridized carbons (Fsp3) is 0.235. The van der Waals surface area contributed by atoms with E-state index in [2.05, 4.69) is 10.5 Å². The fourth-order valence-corrected chi connectivity index (χ4v) is 6.07. The Morgan fingerprint density at radius 1 is 0.911 bits per heavy atom. The molecule has 0 aliphatic heterocycles. The number of aryl methyl sites for hydroxylation is 3. The minimum Gasteiger partial charge on any atom is -0.366 e. The summed E-state index contributed by atoms with van der Waals surface area (Å²) >= 11 is 1.15. The predicted octanol–water partition coefficient (Wildman–Crippen LogP) is 7.20. The van der Waals surface area contributed by atoms with E-state index in [0.29, 0.717) is 68.5 Å². The second kappa shape index (κ2) is 13.5. The molecule has 0 fully saturated rings. The Hall–Kier alpha value is -4.77. The van der Waals surface area contributed by atoms with Gasteiger partial charge in [-0.1, -0.05) is 37.2 Å². The van der Waals surface area contributed by atoms with Crippen LogP contribution in [0, 0.1) is 30.3 Å². The lowest BCUT2D eigenvalue weighted by atomic mass is 9.90. The van der Waals surface area contributed by atoms with E-state index in [0.717, 1.165) is 29.0 Å². The zero-order valence-corrected chi connectivity index (χ0v) is 25.7. The van der Waals surface area contributed by atoms with Gasteiger partial charge in [0.2, 0.25) is 0 Å². The van der Waals surface area contributed by atoms with E-state index >= 15 is 0 Å². The van der Waals surface area contributed by atoms with Gasteiger partial charge in [-0.25, -0.2) is 13.2 Å². The molecular weight excluding hydrogens is 601 g/mol. The van der Waals surface area contributed by atoms with E-state index in [1.165, 1.54) is 18.2 Å². The summed E-state index contributed by atoms with van der Waals surface area (Å²) in [5, 5.41) is 6.80. The highest BCUT2D eigenvalue weighted by molar-refractivity contribution is 7.17. The lowest BCUT2D eigenvalue weighted by Crippen LogP contribution is -2.21. The molecule has 232 valence electrons. The normalized spacial score (nSPS) is 11.3. The predicted molar refractivity (Wildman–Crippen MR) is 166 cm³/mol. The number of carbonyl (C=O) groups is 2. The summed E-state index contributed by atoms with van der Waals surface area (Å²) in [5.74, 6) is -2.87. The van der Waals surface area contributed by atoms with Crippen LogP contribution in [0.25, 0.3) is 21.8 Å². The molecule has 0 saturated carbocycles. The molecule has 3 heterocycles. The van der Waals surface area contributed by atoms with Crippen molar-refractivity contribution in [2.75, 3.05) is 0 Å². The van der Waals surface area contributed by atoms with Crippen molar-refractivity contribution in [2.24, 2.45) is 11.7 Å². The number of carbonyl (C=O) groups excluding carboxylic acids is 2. The van der Waals surface area contributed by atoms with Gasteiger partial charge in [0, 0.05) is 23.1 Å². The largest absolute Gasteiger partial charge is 0.366 e. The monoisotopic (exact) mass is 632 g/mol. The molecule has 2 amide bonds. The number of aromatic nitrogens is 2. The molecule has 7 nitrogen and oxygen atoms in total. The molecule has 0 unspecified atom stereocenters. The molecule has 0 saturated heterocycles. The minimum atomic E-state index is -1.00. The van der Waals surface area contributed by atoms with Gasteiger partial charge >= 0.3 is 0 Å². The number of amides is 2. The smallest absolute Gasteiger partial charge is 0.261 e. The number of benzene rings is 2. The van der Waals surface area contributed by atoms with Gasteiger partial charge < -0.3 is 15.6 Å². The second-order valence-corrected chi connectivity index (χ2v) is 12.2. The molecular formula is C34H31F3N4O3S. The van der Waals surface area contributed by atoms with Crippen molar-refractivity contribution in [1.29, 1.82) is 0 Å². The Morgan fingerprint density at radius 2 is 1.64 bits per heavy atom. The maximum absolute atomic E-state index is 13.7. The van der Waals surface area contributed by atoms with Crippen molar-refractivity contribution in [3.63, 3.8) is 0 Å². The Balaban J connectivity index is 1.60. The van der Waals surface area contributed by atoms with Gasteiger partial charge in [-0.05, 0) is 79.6 Å². The SMILES string of the molecule is Cc1cc(-c2c(CCc3ccc(F)cc3)nc(CC(C)C)c(C(N)=O)c2-c2ccc(C(=O)NCc3ccc(F)c(F)c3)s2)on1. The summed E-state index contributed by atoms with van der Waals surface area (Å²) in [6, 6.07) is 14.8. The number of pyridine rings is 1. The molecule has 5 rings (SSSR count). The Labute approximate surface area is 262 Å². The molecule has 0 aliphatic rings. The molecule has 2 aromatic carbocycles. The molecule has 5 aromatic rings. The molecule has 3 aromatic heterocycles. The molecule has 3 N–H and O–H groups in total. The molecule has 45 heavy (non-hydrogen) atoms. The number of hydrogen-bond donors (Lipinski definition) is 2. The standard InChI is InChI=1S/C34H31F3N4O3S/c1-18(2)14-26-31(33(38)42)32(28-12-13-29(45-28)34(43)39-17-21-6-10-23(36)24(37)16-21)30(27-15-19(3)41-44-27)25(40-26)11-7-20-4-8-22(35)9-5-20/h4-6,8-10,12-13,15-16,18H,7,11,14,17H2,1-3H3,(H2,38,42)(H,39,43). The van der Waals surface area contributed by atoms with E-state index in [-0.39, 0.29) is 23.8 Å². The fourth-order valence-electron chi connectivity index (χ4n) is 5.09. The second-order valence-electron chi connectivity index (χ2n) is 11.1. The van der Waals surface area contributed by atoms with Crippen LogP contribution in [-0.4, -0.2) is 22.0 Å². The Kier molecular flexibility index (Phi) is 9.48. The summed E-state index contributed by atoms with van der Waals surface area (Å²) in [6.07, 6.45) is 1.44. The Bertz CT molecular complexity index is 1870. The Morgan fingerprint density at radius 3 is 2.29 bits per heavy atom. The first-order valence-corrected chi connectivity index (χ1v) is 15.2. The van der Waals surface area contributed by atoms with Crippen molar-refractivity contribution >= 4 is 23.2 Å². The van der Waals surface area contributed by atoms with E-state index in [4.69, 9.17) is 15.2 Å². The minimum absolute atomic E-state index is 0.0142.